The van der Waals surface area contributed by atoms with Gasteiger partial charge in [0.1, 0.15) is 10.7 Å². The number of hydrogen-bond acceptors (Lipinski definition) is 6. The van der Waals surface area contributed by atoms with Crippen LogP contribution >= 0.6 is 24.0 Å². The molecule has 0 saturated heterocycles. The van der Waals surface area contributed by atoms with Crippen LogP contribution in [0, 0.1) is 0 Å². The minimum Gasteiger partial charge on any atom is -0.461 e. The average Bonchev–Trinajstić information content (AvgIpc) is 2.67. The molecule has 3 rings (SSSR count). The lowest BCUT2D eigenvalue weighted by Gasteiger charge is -2.34. The summed E-state index contributed by atoms with van der Waals surface area (Å²) in [6.07, 6.45) is 0.894. The maximum Gasteiger partial charge on any atom is 0.356 e. The Morgan fingerprint density at radius 1 is 1.35 bits per heavy atom. The molecule has 0 radical (unpaired) electrons. The quantitative estimate of drug-likeness (QED) is 0.591. The topological polar surface area (TPSA) is 53.6 Å². The lowest BCUT2D eigenvalue weighted by atomic mass is 10.1. The summed E-state index contributed by atoms with van der Waals surface area (Å²) in [5.41, 5.74) is 2.44. The van der Waals surface area contributed by atoms with Crippen LogP contribution in [0.15, 0.2) is 51.5 Å². The first-order valence-corrected chi connectivity index (χ1v) is 10.0. The van der Waals surface area contributed by atoms with Crippen molar-refractivity contribution in [2.45, 2.75) is 20.3 Å². The fraction of sp³-hybridized carbons (Fsp3) is 0.368. The van der Waals surface area contributed by atoms with Gasteiger partial charge in [0, 0.05) is 35.8 Å². The molecule has 1 aromatic rings. The van der Waals surface area contributed by atoms with E-state index in [0.29, 0.717) is 17.3 Å². The number of para-hydroxylation sites is 1. The fourth-order valence-corrected chi connectivity index (χ4v) is 4.38. The monoisotopic (exact) mass is 389 g/mol. The van der Waals surface area contributed by atoms with Crippen LogP contribution in [-0.4, -0.2) is 42.1 Å². The van der Waals surface area contributed by atoms with Gasteiger partial charge in [0.25, 0.3) is 0 Å². The lowest BCUT2D eigenvalue weighted by Crippen LogP contribution is -2.38. The highest BCUT2D eigenvalue weighted by Crippen LogP contribution is 2.38. The number of carbonyl (C=O) groups excluding carboxylic acids is 1. The number of nitrogens with one attached hydrogen (secondary N) is 2. The fourth-order valence-electron chi connectivity index (χ4n) is 2.88. The summed E-state index contributed by atoms with van der Waals surface area (Å²) in [4.78, 5) is 17.3. The summed E-state index contributed by atoms with van der Waals surface area (Å²) < 4.78 is 5.24. The first-order valence-electron chi connectivity index (χ1n) is 8.79. The van der Waals surface area contributed by atoms with E-state index in [-0.39, 0.29) is 5.97 Å². The van der Waals surface area contributed by atoms with Crippen LogP contribution in [0.1, 0.15) is 20.3 Å². The van der Waals surface area contributed by atoms with Crippen LogP contribution in [0.2, 0.25) is 0 Å². The van der Waals surface area contributed by atoms with Crippen LogP contribution in [0.3, 0.4) is 0 Å². The molecule has 7 heteroatoms. The second kappa shape index (κ2) is 8.70. The summed E-state index contributed by atoms with van der Waals surface area (Å²) in [6, 6.07) is 9.73. The van der Waals surface area contributed by atoms with E-state index in [1.807, 2.05) is 30.3 Å². The number of nitrogens with zero attached hydrogens (tertiary/aromatic N) is 1. The van der Waals surface area contributed by atoms with Crippen molar-refractivity contribution in [3.05, 3.63) is 51.5 Å². The Kier molecular flexibility index (Phi) is 6.34. The van der Waals surface area contributed by atoms with Gasteiger partial charge in [-0.2, -0.15) is 0 Å². The Hall–Kier alpha value is -1.83. The van der Waals surface area contributed by atoms with Gasteiger partial charge in [0.2, 0.25) is 0 Å². The SMILES string of the molecule is CCOC(=O)C1=C(C(=S)Nc2ccccc2)SC2=C(CCN(CC)C2)N1. The third-order valence-corrected chi connectivity index (χ3v) is 5.94. The second-order valence-electron chi connectivity index (χ2n) is 5.99. The van der Waals surface area contributed by atoms with Crippen molar-refractivity contribution in [2.24, 2.45) is 0 Å². The standard InChI is InChI=1S/C19H23N3O2S2/c1-3-22-11-10-14-15(12-22)26-17(16(21-14)19(23)24-4-2)18(25)20-13-8-6-5-7-9-13/h5-9,21H,3-4,10-12H2,1-2H3,(H,20,25). The number of thioether (sulfide) groups is 1. The third kappa shape index (κ3) is 4.28. The zero-order valence-electron chi connectivity index (χ0n) is 15.0. The molecule has 2 aliphatic heterocycles. The largest absolute Gasteiger partial charge is 0.461 e. The number of thiocarbonyl (C=S) groups is 1. The van der Waals surface area contributed by atoms with Gasteiger partial charge >= 0.3 is 5.97 Å². The molecule has 0 bridgehead atoms. The van der Waals surface area contributed by atoms with E-state index in [2.05, 4.69) is 22.5 Å². The summed E-state index contributed by atoms with van der Waals surface area (Å²) >= 11 is 7.19. The van der Waals surface area contributed by atoms with E-state index >= 15 is 0 Å². The lowest BCUT2D eigenvalue weighted by molar-refractivity contribution is -0.138. The molecule has 2 aliphatic rings. The average molecular weight is 390 g/mol. The predicted molar refractivity (Wildman–Crippen MR) is 111 cm³/mol. The van der Waals surface area contributed by atoms with Crippen molar-refractivity contribution in [1.29, 1.82) is 0 Å². The number of esters is 1. The predicted octanol–water partition coefficient (Wildman–Crippen LogP) is 3.47. The molecule has 0 aromatic heterocycles. The van der Waals surface area contributed by atoms with Gasteiger partial charge in [-0.15, -0.1) is 0 Å². The summed E-state index contributed by atoms with van der Waals surface area (Å²) in [7, 11) is 0. The van der Waals surface area contributed by atoms with E-state index < -0.39 is 0 Å². The minimum atomic E-state index is -0.364. The smallest absolute Gasteiger partial charge is 0.356 e. The number of hydrogen-bond donors (Lipinski definition) is 2. The number of benzene rings is 1. The molecule has 138 valence electrons. The normalized spacial score (nSPS) is 17.5. The van der Waals surface area contributed by atoms with Crippen molar-refractivity contribution in [1.82, 2.24) is 10.2 Å². The maximum absolute atomic E-state index is 12.5. The summed E-state index contributed by atoms with van der Waals surface area (Å²) in [5, 5.41) is 6.54. The third-order valence-electron chi connectivity index (χ3n) is 4.27. The number of anilines is 1. The highest BCUT2D eigenvalue weighted by molar-refractivity contribution is 8.08. The molecule has 5 nitrogen and oxygen atoms in total. The summed E-state index contributed by atoms with van der Waals surface area (Å²) in [6.45, 7) is 7.16. The Labute approximate surface area is 163 Å². The molecule has 0 unspecified atom stereocenters. The van der Waals surface area contributed by atoms with E-state index in [4.69, 9.17) is 17.0 Å². The Bertz CT molecular complexity index is 759. The molecule has 2 N–H and O–H groups in total. The first kappa shape index (κ1) is 18.9. The molecule has 2 heterocycles. The minimum absolute atomic E-state index is 0.330. The van der Waals surface area contributed by atoms with Crippen LogP contribution in [-0.2, 0) is 9.53 Å². The molecule has 0 spiro atoms. The number of carbonyl (C=O) groups is 1. The Morgan fingerprint density at radius 2 is 2.12 bits per heavy atom. The van der Waals surface area contributed by atoms with Crippen molar-refractivity contribution in [3.8, 4) is 0 Å². The molecule has 0 amide bonds. The summed E-state index contributed by atoms with van der Waals surface area (Å²) in [5.74, 6) is -0.364. The number of rotatable bonds is 5. The number of ether oxygens (including phenoxy) is 1. The number of likely N-dealkylation sites (N-methyl/N-ethyl adjacent to an activating group) is 1. The van der Waals surface area contributed by atoms with Gasteiger partial charge in [-0.3, -0.25) is 4.90 Å². The van der Waals surface area contributed by atoms with Crippen molar-refractivity contribution >= 4 is 40.6 Å². The van der Waals surface area contributed by atoms with Crippen LogP contribution in [0.25, 0.3) is 0 Å². The van der Waals surface area contributed by atoms with E-state index in [9.17, 15) is 4.79 Å². The van der Waals surface area contributed by atoms with Gasteiger partial charge in [-0.25, -0.2) is 4.79 Å². The second-order valence-corrected chi connectivity index (χ2v) is 7.51. The van der Waals surface area contributed by atoms with Gasteiger partial charge in [-0.1, -0.05) is 49.1 Å². The van der Waals surface area contributed by atoms with Gasteiger partial charge < -0.3 is 15.4 Å². The molecule has 1 aromatic carbocycles. The van der Waals surface area contributed by atoms with Crippen molar-refractivity contribution < 1.29 is 9.53 Å². The van der Waals surface area contributed by atoms with E-state index in [1.54, 1.807) is 18.7 Å². The zero-order chi connectivity index (χ0) is 18.5. The first-order chi connectivity index (χ1) is 12.6. The Balaban J connectivity index is 1.86. The molecule has 0 atom stereocenters. The van der Waals surface area contributed by atoms with Gasteiger partial charge in [0.05, 0.1) is 11.5 Å². The molecule has 0 fully saturated rings. The van der Waals surface area contributed by atoms with Crippen LogP contribution in [0.4, 0.5) is 5.69 Å². The van der Waals surface area contributed by atoms with Crippen LogP contribution in [0.5, 0.6) is 0 Å². The maximum atomic E-state index is 12.5. The van der Waals surface area contributed by atoms with Crippen molar-refractivity contribution in [2.75, 3.05) is 31.6 Å². The highest BCUT2D eigenvalue weighted by Gasteiger charge is 2.31. The van der Waals surface area contributed by atoms with Gasteiger partial charge in [-0.05, 0) is 25.6 Å². The van der Waals surface area contributed by atoms with E-state index in [0.717, 1.165) is 42.3 Å². The van der Waals surface area contributed by atoms with Crippen LogP contribution < -0.4 is 10.6 Å². The zero-order valence-corrected chi connectivity index (χ0v) is 16.6. The molecule has 26 heavy (non-hydrogen) atoms. The highest BCUT2D eigenvalue weighted by atomic mass is 32.2. The molecule has 0 saturated carbocycles. The molecule has 0 aliphatic carbocycles. The van der Waals surface area contributed by atoms with Gasteiger partial charge in [0.15, 0.2) is 0 Å². The molecular formula is C19H23N3O2S2. The molecular weight excluding hydrogens is 366 g/mol. The Morgan fingerprint density at radius 3 is 2.81 bits per heavy atom. The van der Waals surface area contributed by atoms with E-state index in [1.165, 1.54) is 4.91 Å². The van der Waals surface area contributed by atoms with Crippen molar-refractivity contribution in [3.63, 3.8) is 0 Å².